The van der Waals surface area contributed by atoms with E-state index in [-0.39, 0.29) is 12.0 Å². The van der Waals surface area contributed by atoms with Gasteiger partial charge < -0.3 is 25.7 Å². The van der Waals surface area contributed by atoms with Gasteiger partial charge in [-0.3, -0.25) is 4.79 Å². The Hall–Kier alpha value is -3.32. The predicted octanol–water partition coefficient (Wildman–Crippen LogP) is 2.40. The molecule has 2 aromatic carbocycles. The number of nitrogens with one attached hydrogen (secondary N) is 1. The van der Waals surface area contributed by atoms with E-state index < -0.39 is 18.0 Å². The van der Waals surface area contributed by atoms with Crippen LogP contribution in [0.15, 0.2) is 48.7 Å². The molecule has 0 aliphatic rings. The summed E-state index contributed by atoms with van der Waals surface area (Å²) < 4.78 is 5.74. The van der Waals surface area contributed by atoms with Crippen molar-refractivity contribution in [3.63, 3.8) is 0 Å². The molecule has 3 rings (SSSR count). The highest BCUT2D eigenvalue weighted by molar-refractivity contribution is 5.87. The van der Waals surface area contributed by atoms with Gasteiger partial charge in [-0.05, 0) is 35.4 Å². The number of carbonyl (C=O) groups is 2. The highest BCUT2D eigenvalue weighted by atomic mass is 16.5. The second kappa shape index (κ2) is 7.28. The predicted molar refractivity (Wildman–Crippen MR) is 95.3 cm³/mol. The first-order valence-corrected chi connectivity index (χ1v) is 7.97. The van der Waals surface area contributed by atoms with Crippen LogP contribution in [-0.4, -0.2) is 33.2 Å². The number of aromatic amines is 1. The standard InChI is InChI=1S/C19H18N2O5/c20-16(19(24)25)7-13-9-21-17-8-14(5-6-15(13)17)26-10-11-1-3-12(4-2-11)18(22)23/h1-6,8-9,16,21H,7,10,20H2,(H,22,23)(H,24,25). The third-order valence-corrected chi connectivity index (χ3v) is 4.10. The van der Waals surface area contributed by atoms with Gasteiger partial charge in [-0.2, -0.15) is 0 Å². The molecule has 26 heavy (non-hydrogen) atoms. The van der Waals surface area contributed by atoms with Crippen LogP contribution >= 0.6 is 0 Å². The smallest absolute Gasteiger partial charge is 0.335 e. The average Bonchev–Trinajstić information content (AvgIpc) is 3.02. The number of carboxylic acids is 2. The first-order valence-electron chi connectivity index (χ1n) is 7.97. The molecular formula is C19H18N2O5. The van der Waals surface area contributed by atoms with Crippen LogP contribution in [0, 0.1) is 0 Å². The van der Waals surface area contributed by atoms with E-state index >= 15 is 0 Å². The van der Waals surface area contributed by atoms with E-state index in [4.69, 9.17) is 20.7 Å². The molecule has 0 radical (unpaired) electrons. The normalized spacial score (nSPS) is 12.0. The highest BCUT2D eigenvalue weighted by Crippen LogP contribution is 2.24. The summed E-state index contributed by atoms with van der Waals surface area (Å²) in [5.74, 6) is -1.35. The van der Waals surface area contributed by atoms with Crippen LogP contribution in [0.3, 0.4) is 0 Å². The monoisotopic (exact) mass is 354 g/mol. The Morgan fingerprint density at radius 1 is 1.12 bits per heavy atom. The summed E-state index contributed by atoms with van der Waals surface area (Å²) in [5.41, 5.74) is 8.35. The molecule has 0 amide bonds. The third-order valence-electron chi connectivity index (χ3n) is 4.10. The first kappa shape index (κ1) is 17.5. The Balaban J connectivity index is 1.69. The zero-order chi connectivity index (χ0) is 18.7. The summed E-state index contributed by atoms with van der Waals surface area (Å²) in [4.78, 5) is 24.9. The van der Waals surface area contributed by atoms with Crippen LogP contribution in [0.2, 0.25) is 0 Å². The summed E-state index contributed by atoms with van der Waals surface area (Å²) in [5, 5.41) is 18.7. The lowest BCUT2D eigenvalue weighted by Crippen LogP contribution is -2.32. The van der Waals surface area contributed by atoms with E-state index in [1.54, 1.807) is 24.4 Å². The van der Waals surface area contributed by atoms with E-state index in [0.717, 1.165) is 22.0 Å². The number of carboxylic acid groups (broad SMARTS) is 2. The van der Waals surface area contributed by atoms with Crippen LogP contribution in [-0.2, 0) is 17.8 Å². The largest absolute Gasteiger partial charge is 0.489 e. The summed E-state index contributed by atoms with van der Waals surface area (Å²) >= 11 is 0. The van der Waals surface area contributed by atoms with Crippen molar-refractivity contribution in [1.29, 1.82) is 0 Å². The number of aromatic carboxylic acids is 1. The zero-order valence-electron chi connectivity index (χ0n) is 13.8. The van der Waals surface area contributed by atoms with Crippen LogP contribution in [0.25, 0.3) is 10.9 Å². The minimum atomic E-state index is -1.03. The van der Waals surface area contributed by atoms with Gasteiger partial charge in [0, 0.05) is 29.6 Å². The number of rotatable bonds is 7. The van der Waals surface area contributed by atoms with Crippen molar-refractivity contribution < 1.29 is 24.5 Å². The minimum absolute atomic E-state index is 0.230. The number of aromatic nitrogens is 1. The molecule has 1 heterocycles. The lowest BCUT2D eigenvalue weighted by atomic mass is 10.1. The van der Waals surface area contributed by atoms with Gasteiger partial charge in [0.1, 0.15) is 18.4 Å². The van der Waals surface area contributed by atoms with Crippen molar-refractivity contribution in [3.05, 3.63) is 65.4 Å². The van der Waals surface area contributed by atoms with Crippen molar-refractivity contribution in [3.8, 4) is 5.75 Å². The van der Waals surface area contributed by atoms with Crippen LogP contribution in [0.5, 0.6) is 5.75 Å². The van der Waals surface area contributed by atoms with E-state index in [1.165, 1.54) is 12.1 Å². The molecular weight excluding hydrogens is 336 g/mol. The Labute approximate surface area is 149 Å². The van der Waals surface area contributed by atoms with E-state index in [2.05, 4.69) is 4.98 Å². The fourth-order valence-electron chi connectivity index (χ4n) is 2.66. The molecule has 0 aliphatic heterocycles. The SMILES string of the molecule is NC(Cc1c[nH]c2cc(OCc3ccc(C(=O)O)cc3)ccc12)C(=O)O. The number of hydrogen-bond acceptors (Lipinski definition) is 4. The second-order valence-corrected chi connectivity index (χ2v) is 5.96. The molecule has 0 saturated carbocycles. The summed E-state index contributed by atoms with van der Waals surface area (Å²) in [6.07, 6.45) is 1.99. The van der Waals surface area contributed by atoms with E-state index in [9.17, 15) is 9.59 Å². The average molecular weight is 354 g/mol. The molecule has 0 bridgehead atoms. The van der Waals surface area contributed by atoms with Gasteiger partial charge in [0.15, 0.2) is 0 Å². The van der Waals surface area contributed by atoms with Crippen LogP contribution in [0.4, 0.5) is 0 Å². The Bertz CT molecular complexity index is 946. The van der Waals surface area contributed by atoms with E-state index in [0.29, 0.717) is 12.4 Å². The summed E-state index contributed by atoms with van der Waals surface area (Å²) in [6, 6.07) is 11.0. The molecule has 7 nitrogen and oxygen atoms in total. The Morgan fingerprint density at radius 3 is 2.50 bits per heavy atom. The molecule has 0 aliphatic carbocycles. The minimum Gasteiger partial charge on any atom is -0.489 e. The maximum Gasteiger partial charge on any atom is 0.335 e. The molecule has 5 N–H and O–H groups in total. The van der Waals surface area contributed by atoms with Crippen LogP contribution in [0.1, 0.15) is 21.5 Å². The number of hydrogen-bond donors (Lipinski definition) is 4. The van der Waals surface area contributed by atoms with Gasteiger partial charge in [-0.25, -0.2) is 4.79 Å². The summed E-state index contributed by atoms with van der Waals surface area (Å²) in [7, 11) is 0. The van der Waals surface area contributed by atoms with Gasteiger partial charge in [-0.1, -0.05) is 12.1 Å². The zero-order valence-corrected chi connectivity index (χ0v) is 13.8. The third kappa shape index (κ3) is 3.84. The molecule has 7 heteroatoms. The molecule has 0 spiro atoms. The van der Waals surface area contributed by atoms with E-state index in [1.807, 2.05) is 12.1 Å². The maximum atomic E-state index is 10.9. The van der Waals surface area contributed by atoms with Crippen molar-refractivity contribution in [2.75, 3.05) is 0 Å². The molecule has 1 aromatic heterocycles. The number of benzene rings is 2. The maximum absolute atomic E-state index is 10.9. The quantitative estimate of drug-likeness (QED) is 0.516. The van der Waals surface area contributed by atoms with Gasteiger partial charge in [-0.15, -0.1) is 0 Å². The van der Waals surface area contributed by atoms with Gasteiger partial charge in [0.25, 0.3) is 0 Å². The van der Waals surface area contributed by atoms with Gasteiger partial charge in [0.2, 0.25) is 0 Å². The lowest BCUT2D eigenvalue weighted by Gasteiger charge is -2.08. The second-order valence-electron chi connectivity index (χ2n) is 5.96. The molecule has 1 atom stereocenters. The van der Waals surface area contributed by atoms with Crippen molar-refractivity contribution in [2.45, 2.75) is 19.1 Å². The van der Waals surface area contributed by atoms with Gasteiger partial charge in [0.05, 0.1) is 5.56 Å². The van der Waals surface area contributed by atoms with Crippen LogP contribution < -0.4 is 10.5 Å². The number of fused-ring (bicyclic) bond motifs is 1. The number of nitrogens with two attached hydrogens (primary N) is 1. The fourth-order valence-corrected chi connectivity index (χ4v) is 2.66. The molecule has 3 aromatic rings. The van der Waals surface area contributed by atoms with Crippen molar-refractivity contribution in [2.24, 2.45) is 5.73 Å². The van der Waals surface area contributed by atoms with Gasteiger partial charge >= 0.3 is 11.9 Å². The van der Waals surface area contributed by atoms with Crippen molar-refractivity contribution in [1.82, 2.24) is 4.98 Å². The lowest BCUT2D eigenvalue weighted by molar-refractivity contribution is -0.138. The molecule has 1 unspecified atom stereocenters. The highest BCUT2D eigenvalue weighted by Gasteiger charge is 2.15. The van der Waals surface area contributed by atoms with Crippen molar-refractivity contribution >= 4 is 22.8 Å². The number of ether oxygens (including phenoxy) is 1. The number of aliphatic carboxylic acids is 1. The number of H-pyrrole nitrogens is 1. The topological polar surface area (TPSA) is 126 Å². The first-order chi connectivity index (χ1) is 12.4. The Kier molecular flexibility index (Phi) is 4.90. The molecule has 0 saturated heterocycles. The summed E-state index contributed by atoms with van der Waals surface area (Å²) in [6.45, 7) is 0.308. The molecule has 134 valence electrons. The fraction of sp³-hybridized carbons (Fsp3) is 0.158. The Morgan fingerprint density at radius 2 is 1.85 bits per heavy atom. The molecule has 0 fully saturated rings.